The first-order chi connectivity index (χ1) is 19.5. The fourth-order valence-electron chi connectivity index (χ4n) is 6.72. The Morgan fingerprint density at radius 3 is 2.54 bits per heavy atom. The summed E-state index contributed by atoms with van der Waals surface area (Å²) in [4.78, 5) is 4.61. The molecule has 2 aliphatic carbocycles. The summed E-state index contributed by atoms with van der Waals surface area (Å²) in [6, 6.07) is 14.8. The molecule has 2 aromatic carbocycles. The summed E-state index contributed by atoms with van der Waals surface area (Å²) < 4.78 is 40.7. The van der Waals surface area contributed by atoms with Crippen molar-refractivity contribution in [3.63, 3.8) is 0 Å². The van der Waals surface area contributed by atoms with Crippen LogP contribution in [0.1, 0.15) is 70.9 Å². The summed E-state index contributed by atoms with van der Waals surface area (Å²) in [5, 5.41) is 0. The Kier molecular flexibility index (Phi) is 8.09. The molecular formula is C36H41F3N2. The third-order valence-electron chi connectivity index (χ3n) is 9.24. The van der Waals surface area contributed by atoms with Gasteiger partial charge >= 0.3 is 6.18 Å². The molecule has 0 fully saturated rings. The molecule has 0 N–H and O–H groups in total. The van der Waals surface area contributed by atoms with Crippen molar-refractivity contribution >= 4 is 11.4 Å². The standard InChI is InChI=1S/C36H41F3N2/c1-6-25(2)30-21-18-26(34(30)41(29-16-12-9-13-17-29)28-14-10-7-8-11-15-28)19-23-33-35(3,4)31-24-27(36(37,38)39)20-22-32(31)40(33)5/h7-10,12-17,19-20,22,24-25,33H,6,11,18,21,23H2,1-5H3/b26-19+/t25-,33?/m0/s1. The Balaban J connectivity index is 1.55. The molecule has 3 aliphatic rings. The highest BCUT2D eigenvalue weighted by Crippen LogP contribution is 2.49. The number of anilines is 2. The number of fused-ring (bicyclic) bond motifs is 1. The molecule has 1 aliphatic heterocycles. The number of rotatable bonds is 7. The van der Waals surface area contributed by atoms with E-state index in [1.54, 1.807) is 6.07 Å². The van der Waals surface area contributed by atoms with Gasteiger partial charge in [-0.3, -0.25) is 0 Å². The van der Waals surface area contributed by atoms with Crippen molar-refractivity contribution in [3.8, 4) is 0 Å². The van der Waals surface area contributed by atoms with Crippen LogP contribution in [0.15, 0.2) is 108 Å². The predicted octanol–water partition coefficient (Wildman–Crippen LogP) is 10.1. The maximum atomic E-state index is 13.6. The van der Waals surface area contributed by atoms with E-state index in [2.05, 4.69) is 104 Å². The molecule has 0 radical (unpaired) electrons. The van der Waals surface area contributed by atoms with Crippen molar-refractivity contribution < 1.29 is 13.2 Å². The van der Waals surface area contributed by atoms with Gasteiger partial charge in [0, 0.05) is 41.3 Å². The molecule has 0 saturated heterocycles. The quantitative estimate of drug-likeness (QED) is 0.334. The van der Waals surface area contributed by atoms with E-state index in [1.807, 2.05) is 7.05 Å². The van der Waals surface area contributed by atoms with Crippen molar-refractivity contribution in [3.05, 3.63) is 119 Å². The molecule has 1 unspecified atom stereocenters. The van der Waals surface area contributed by atoms with Crippen LogP contribution in [0, 0.1) is 5.92 Å². The maximum Gasteiger partial charge on any atom is 0.416 e. The Labute approximate surface area is 243 Å². The zero-order chi connectivity index (χ0) is 29.4. The molecule has 1 heterocycles. The van der Waals surface area contributed by atoms with E-state index >= 15 is 0 Å². The van der Waals surface area contributed by atoms with Crippen LogP contribution in [0.4, 0.5) is 24.5 Å². The third-order valence-corrected chi connectivity index (χ3v) is 9.24. The van der Waals surface area contributed by atoms with Crippen LogP contribution in [-0.4, -0.2) is 13.1 Å². The van der Waals surface area contributed by atoms with Gasteiger partial charge in [0.05, 0.1) is 5.56 Å². The van der Waals surface area contributed by atoms with Gasteiger partial charge < -0.3 is 9.80 Å². The highest BCUT2D eigenvalue weighted by atomic mass is 19.4. The van der Waals surface area contributed by atoms with Crippen LogP contribution in [0.2, 0.25) is 0 Å². The van der Waals surface area contributed by atoms with E-state index in [0.29, 0.717) is 5.92 Å². The van der Waals surface area contributed by atoms with Crippen LogP contribution in [-0.2, 0) is 11.6 Å². The van der Waals surface area contributed by atoms with Crippen molar-refractivity contribution in [2.75, 3.05) is 16.8 Å². The van der Waals surface area contributed by atoms with Crippen molar-refractivity contribution in [2.45, 2.75) is 77.4 Å². The number of halogens is 3. The summed E-state index contributed by atoms with van der Waals surface area (Å²) in [7, 11) is 2.02. The summed E-state index contributed by atoms with van der Waals surface area (Å²) in [6.07, 6.45) is 13.6. The Morgan fingerprint density at radius 2 is 1.83 bits per heavy atom. The average Bonchev–Trinajstić information content (AvgIpc) is 3.28. The van der Waals surface area contributed by atoms with Crippen molar-refractivity contribution in [2.24, 2.45) is 5.92 Å². The van der Waals surface area contributed by atoms with E-state index in [0.717, 1.165) is 54.7 Å². The first-order valence-corrected chi connectivity index (χ1v) is 14.8. The van der Waals surface area contributed by atoms with Gasteiger partial charge in [-0.25, -0.2) is 0 Å². The van der Waals surface area contributed by atoms with Gasteiger partial charge in [0.2, 0.25) is 0 Å². The number of likely N-dealkylation sites (N-methyl/N-ethyl adjacent to an activating group) is 1. The molecule has 41 heavy (non-hydrogen) atoms. The minimum Gasteiger partial charge on any atom is -0.370 e. The Bertz CT molecular complexity index is 1420. The number of para-hydroxylation sites is 1. The highest BCUT2D eigenvalue weighted by molar-refractivity contribution is 5.68. The molecule has 2 atom stereocenters. The van der Waals surface area contributed by atoms with Crippen molar-refractivity contribution in [1.82, 2.24) is 0 Å². The number of nitrogens with zero attached hydrogens (tertiary/aromatic N) is 2. The maximum absolute atomic E-state index is 13.6. The van der Waals surface area contributed by atoms with Gasteiger partial charge in [0.25, 0.3) is 0 Å². The number of hydrogen-bond acceptors (Lipinski definition) is 2. The predicted molar refractivity (Wildman–Crippen MR) is 165 cm³/mol. The van der Waals surface area contributed by atoms with E-state index in [4.69, 9.17) is 0 Å². The number of allylic oxidation sites excluding steroid dienone is 7. The molecule has 2 aromatic rings. The smallest absolute Gasteiger partial charge is 0.370 e. The average molecular weight is 559 g/mol. The molecule has 5 rings (SSSR count). The van der Waals surface area contributed by atoms with Gasteiger partial charge in [0.1, 0.15) is 0 Å². The van der Waals surface area contributed by atoms with Gasteiger partial charge in [-0.2, -0.15) is 13.2 Å². The second-order valence-electron chi connectivity index (χ2n) is 12.0. The van der Waals surface area contributed by atoms with Crippen LogP contribution >= 0.6 is 0 Å². The fraction of sp³-hybridized carbons (Fsp3) is 0.389. The van der Waals surface area contributed by atoms with Gasteiger partial charge in [-0.1, -0.05) is 76.3 Å². The lowest BCUT2D eigenvalue weighted by molar-refractivity contribution is -0.137. The lowest BCUT2D eigenvalue weighted by Crippen LogP contribution is -2.39. The largest absolute Gasteiger partial charge is 0.416 e. The van der Waals surface area contributed by atoms with Crippen LogP contribution in [0.25, 0.3) is 0 Å². The minimum absolute atomic E-state index is 0.0498. The zero-order valence-corrected chi connectivity index (χ0v) is 24.8. The normalized spacial score (nSPS) is 21.8. The molecule has 0 bridgehead atoms. The van der Waals surface area contributed by atoms with E-state index in [9.17, 15) is 13.2 Å². The third kappa shape index (κ3) is 5.56. The monoisotopic (exact) mass is 558 g/mol. The Hall–Kier alpha value is -3.47. The lowest BCUT2D eigenvalue weighted by atomic mass is 9.78. The summed E-state index contributed by atoms with van der Waals surface area (Å²) in [6.45, 7) is 8.74. The number of hydrogen-bond donors (Lipinski definition) is 0. The lowest BCUT2D eigenvalue weighted by Gasteiger charge is -2.33. The summed E-state index contributed by atoms with van der Waals surface area (Å²) >= 11 is 0. The first kappa shape index (κ1) is 29.0. The second-order valence-corrected chi connectivity index (χ2v) is 12.0. The van der Waals surface area contributed by atoms with E-state index < -0.39 is 17.2 Å². The van der Waals surface area contributed by atoms with Crippen LogP contribution in [0.3, 0.4) is 0 Å². The number of alkyl halides is 3. The molecule has 0 amide bonds. The van der Waals surface area contributed by atoms with Crippen molar-refractivity contribution in [1.29, 1.82) is 0 Å². The molecular weight excluding hydrogens is 517 g/mol. The molecule has 2 nitrogen and oxygen atoms in total. The van der Waals surface area contributed by atoms with Gasteiger partial charge in [0.15, 0.2) is 0 Å². The molecule has 0 aromatic heterocycles. The van der Waals surface area contributed by atoms with Gasteiger partial charge in [-0.15, -0.1) is 0 Å². The zero-order valence-electron chi connectivity index (χ0n) is 24.8. The fourth-order valence-corrected chi connectivity index (χ4v) is 6.72. The van der Waals surface area contributed by atoms with Gasteiger partial charge in [-0.05, 0) is 91.1 Å². The van der Waals surface area contributed by atoms with Crippen LogP contribution < -0.4 is 9.80 Å². The van der Waals surface area contributed by atoms with E-state index in [1.165, 1.54) is 29.0 Å². The highest BCUT2D eigenvalue weighted by Gasteiger charge is 2.44. The second kappa shape index (κ2) is 11.4. The first-order valence-electron chi connectivity index (χ1n) is 14.8. The summed E-state index contributed by atoms with van der Waals surface area (Å²) in [5.41, 5.74) is 7.05. The number of benzene rings is 2. The molecule has 216 valence electrons. The molecule has 0 saturated carbocycles. The Morgan fingerprint density at radius 1 is 1.07 bits per heavy atom. The topological polar surface area (TPSA) is 6.48 Å². The molecule has 5 heteroatoms. The summed E-state index contributed by atoms with van der Waals surface area (Å²) in [5.74, 6) is 0.450. The van der Waals surface area contributed by atoms with Crippen LogP contribution in [0.5, 0.6) is 0 Å². The minimum atomic E-state index is -4.35. The SMILES string of the molecule is CC[C@H](C)C1=C(N(C2=CCC=CC=C2)c2ccccc2)/C(=C/CC2N(C)c3ccc(C(F)(F)F)cc3C2(C)C)CC1. The molecule has 0 spiro atoms. The van der Waals surface area contributed by atoms with E-state index in [-0.39, 0.29) is 6.04 Å².